The Balaban J connectivity index is 2.25. The van der Waals surface area contributed by atoms with Crippen LogP contribution in [0.4, 0.5) is 14.5 Å². The maximum Gasteiger partial charge on any atom is 0.146 e. The largest absolute Gasteiger partial charge is 0.375 e. The highest BCUT2D eigenvalue weighted by atomic mass is 79.9. The highest BCUT2D eigenvalue weighted by molar-refractivity contribution is 9.10. The lowest BCUT2D eigenvalue weighted by Gasteiger charge is -2.19. The van der Waals surface area contributed by atoms with E-state index in [2.05, 4.69) is 21.2 Å². The summed E-state index contributed by atoms with van der Waals surface area (Å²) in [7, 11) is 0. The molecule has 0 heterocycles. The van der Waals surface area contributed by atoms with Crippen LogP contribution in [-0.4, -0.2) is 6.54 Å². The molecule has 0 aliphatic carbocycles. The van der Waals surface area contributed by atoms with E-state index in [1.165, 1.54) is 12.1 Å². The number of benzene rings is 2. The van der Waals surface area contributed by atoms with E-state index in [4.69, 9.17) is 5.73 Å². The molecule has 2 nitrogen and oxygen atoms in total. The Kier molecular flexibility index (Phi) is 4.50. The lowest BCUT2D eigenvalue weighted by atomic mass is 10.1. The van der Waals surface area contributed by atoms with Gasteiger partial charge in [-0.15, -0.1) is 0 Å². The van der Waals surface area contributed by atoms with Crippen molar-refractivity contribution < 1.29 is 8.78 Å². The second-order valence-corrected chi connectivity index (χ2v) is 4.94. The van der Waals surface area contributed by atoms with Gasteiger partial charge in [0.05, 0.1) is 16.2 Å². The van der Waals surface area contributed by atoms with Gasteiger partial charge in [-0.2, -0.15) is 0 Å². The summed E-state index contributed by atoms with van der Waals surface area (Å²) < 4.78 is 27.1. The zero-order chi connectivity index (χ0) is 13.8. The summed E-state index contributed by atoms with van der Waals surface area (Å²) in [6, 6.07) is 10.7. The van der Waals surface area contributed by atoms with Crippen molar-refractivity contribution in [2.45, 2.75) is 6.04 Å². The summed E-state index contributed by atoms with van der Waals surface area (Å²) in [5.41, 5.74) is 6.86. The molecule has 0 amide bonds. The first kappa shape index (κ1) is 14.0. The van der Waals surface area contributed by atoms with Crippen LogP contribution in [-0.2, 0) is 0 Å². The standard InChI is InChI=1S/C14H13BrF2N2/c15-10-7-9(5-6-11(10)16)14(8-18)19-13-4-2-1-3-12(13)17/h1-7,14,19H,8,18H2. The number of anilines is 1. The van der Waals surface area contributed by atoms with Crippen LogP contribution in [0.15, 0.2) is 46.9 Å². The zero-order valence-electron chi connectivity index (χ0n) is 10.0. The van der Waals surface area contributed by atoms with Crippen LogP contribution < -0.4 is 11.1 Å². The zero-order valence-corrected chi connectivity index (χ0v) is 11.6. The number of hydrogen-bond acceptors (Lipinski definition) is 2. The van der Waals surface area contributed by atoms with Crippen molar-refractivity contribution in [3.63, 3.8) is 0 Å². The Morgan fingerprint density at radius 3 is 2.47 bits per heavy atom. The Labute approximate surface area is 118 Å². The Bertz CT molecular complexity index is 575. The molecule has 0 fully saturated rings. The number of nitrogens with one attached hydrogen (secondary N) is 1. The first-order chi connectivity index (χ1) is 9.11. The molecular weight excluding hydrogens is 314 g/mol. The molecule has 3 N–H and O–H groups in total. The second-order valence-electron chi connectivity index (χ2n) is 4.09. The van der Waals surface area contributed by atoms with Crippen molar-refractivity contribution in [2.24, 2.45) is 5.73 Å². The van der Waals surface area contributed by atoms with Gasteiger partial charge in [-0.1, -0.05) is 18.2 Å². The van der Waals surface area contributed by atoms with Gasteiger partial charge in [0, 0.05) is 6.54 Å². The molecule has 1 unspecified atom stereocenters. The van der Waals surface area contributed by atoms with Crippen molar-refractivity contribution in [1.82, 2.24) is 0 Å². The molecule has 2 aromatic rings. The van der Waals surface area contributed by atoms with E-state index in [9.17, 15) is 8.78 Å². The van der Waals surface area contributed by atoms with E-state index in [0.29, 0.717) is 10.2 Å². The molecule has 2 aromatic carbocycles. The van der Waals surface area contributed by atoms with E-state index in [-0.39, 0.29) is 24.2 Å². The van der Waals surface area contributed by atoms with Crippen LogP contribution in [0.5, 0.6) is 0 Å². The highest BCUT2D eigenvalue weighted by Crippen LogP contribution is 2.24. The minimum absolute atomic E-state index is 0.270. The topological polar surface area (TPSA) is 38.0 Å². The van der Waals surface area contributed by atoms with Crippen molar-refractivity contribution in [2.75, 3.05) is 11.9 Å². The molecular formula is C14H13BrF2N2. The molecule has 19 heavy (non-hydrogen) atoms. The summed E-state index contributed by atoms with van der Waals surface area (Å²) >= 11 is 3.13. The number of halogens is 3. The van der Waals surface area contributed by atoms with Crippen molar-refractivity contribution >= 4 is 21.6 Å². The van der Waals surface area contributed by atoms with E-state index in [1.807, 2.05) is 0 Å². The maximum atomic E-state index is 13.6. The fraction of sp³-hybridized carbons (Fsp3) is 0.143. The molecule has 0 aliphatic heterocycles. The monoisotopic (exact) mass is 326 g/mol. The van der Waals surface area contributed by atoms with Gasteiger partial charge in [-0.05, 0) is 45.8 Å². The first-order valence-electron chi connectivity index (χ1n) is 5.78. The maximum absolute atomic E-state index is 13.6. The molecule has 0 aromatic heterocycles. The summed E-state index contributed by atoms with van der Waals surface area (Å²) in [6.45, 7) is 0.270. The van der Waals surface area contributed by atoms with Crippen LogP contribution in [0.25, 0.3) is 0 Å². The molecule has 0 spiro atoms. The molecule has 0 radical (unpaired) electrons. The van der Waals surface area contributed by atoms with Crippen LogP contribution in [0.1, 0.15) is 11.6 Å². The Morgan fingerprint density at radius 1 is 1.11 bits per heavy atom. The first-order valence-corrected chi connectivity index (χ1v) is 6.57. The normalized spacial score (nSPS) is 12.2. The molecule has 0 saturated heterocycles. The summed E-state index contributed by atoms with van der Waals surface area (Å²) in [6.07, 6.45) is 0. The second kappa shape index (κ2) is 6.12. The third-order valence-corrected chi connectivity index (χ3v) is 3.39. The highest BCUT2D eigenvalue weighted by Gasteiger charge is 2.13. The van der Waals surface area contributed by atoms with Gasteiger partial charge in [-0.3, -0.25) is 0 Å². The van der Waals surface area contributed by atoms with Crippen molar-refractivity contribution in [3.8, 4) is 0 Å². The fourth-order valence-electron chi connectivity index (χ4n) is 1.77. The summed E-state index contributed by atoms with van der Waals surface area (Å²) in [5.74, 6) is -0.687. The van der Waals surface area contributed by atoms with Gasteiger partial charge in [0.1, 0.15) is 11.6 Å². The molecule has 0 saturated carbocycles. The average molecular weight is 327 g/mol. The van der Waals surface area contributed by atoms with Gasteiger partial charge >= 0.3 is 0 Å². The SMILES string of the molecule is NCC(Nc1ccccc1F)c1ccc(F)c(Br)c1. The molecule has 0 aliphatic rings. The van der Waals surface area contributed by atoms with Crippen LogP contribution in [0, 0.1) is 11.6 Å². The summed E-state index contributed by atoms with van der Waals surface area (Å²) in [5, 5.41) is 3.02. The third kappa shape index (κ3) is 3.30. The number of hydrogen-bond donors (Lipinski definition) is 2. The lowest BCUT2D eigenvalue weighted by molar-refractivity contribution is 0.617. The Hall–Kier alpha value is -1.46. The van der Waals surface area contributed by atoms with Crippen molar-refractivity contribution in [1.29, 1.82) is 0 Å². The predicted molar refractivity (Wildman–Crippen MR) is 75.9 cm³/mol. The summed E-state index contributed by atoms with van der Waals surface area (Å²) in [4.78, 5) is 0. The average Bonchev–Trinajstić information content (AvgIpc) is 2.41. The van der Waals surface area contributed by atoms with E-state index >= 15 is 0 Å². The molecule has 1 atom stereocenters. The van der Waals surface area contributed by atoms with Gasteiger partial charge in [-0.25, -0.2) is 8.78 Å². The minimum atomic E-state index is -0.345. The number of rotatable bonds is 4. The Morgan fingerprint density at radius 2 is 1.84 bits per heavy atom. The van der Waals surface area contributed by atoms with Crippen molar-refractivity contribution in [3.05, 3.63) is 64.1 Å². The smallest absolute Gasteiger partial charge is 0.146 e. The predicted octanol–water partition coefficient (Wildman–Crippen LogP) is 3.84. The van der Waals surface area contributed by atoms with Crippen LogP contribution in [0.2, 0.25) is 0 Å². The van der Waals surface area contributed by atoms with E-state index in [1.54, 1.807) is 30.3 Å². The van der Waals surface area contributed by atoms with E-state index in [0.717, 1.165) is 5.56 Å². The van der Waals surface area contributed by atoms with Gasteiger partial charge < -0.3 is 11.1 Å². The van der Waals surface area contributed by atoms with Gasteiger partial charge in [0.25, 0.3) is 0 Å². The molecule has 5 heteroatoms. The van der Waals surface area contributed by atoms with Gasteiger partial charge in [0.15, 0.2) is 0 Å². The molecule has 0 bridgehead atoms. The van der Waals surface area contributed by atoms with Gasteiger partial charge in [0.2, 0.25) is 0 Å². The van der Waals surface area contributed by atoms with Crippen LogP contribution >= 0.6 is 15.9 Å². The molecule has 100 valence electrons. The quantitative estimate of drug-likeness (QED) is 0.895. The number of para-hydroxylation sites is 1. The van der Waals surface area contributed by atoms with E-state index < -0.39 is 0 Å². The third-order valence-electron chi connectivity index (χ3n) is 2.79. The fourth-order valence-corrected chi connectivity index (χ4v) is 2.17. The minimum Gasteiger partial charge on any atom is -0.375 e. The number of nitrogens with two attached hydrogens (primary N) is 1. The molecule has 2 rings (SSSR count). The lowest BCUT2D eigenvalue weighted by Crippen LogP contribution is -2.21. The van der Waals surface area contributed by atoms with Crippen LogP contribution in [0.3, 0.4) is 0 Å².